The van der Waals surface area contributed by atoms with Gasteiger partial charge in [-0.05, 0) is 32.4 Å². The fourth-order valence-corrected chi connectivity index (χ4v) is 4.84. The van der Waals surface area contributed by atoms with E-state index in [1.807, 2.05) is 6.92 Å². The summed E-state index contributed by atoms with van der Waals surface area (Å²) in [6, 6.07) is 2.10. The first kappa shape index (κ1) is 18.6. The zero-order chi connectivity index (χ0) is 16.3. The van der Waals surface area contributed by atoms with E-state index < -0.39 is 15.6 Å². The van der Waals surface area contributed by atoms with Crippen molar-refractivity contribution < 1.29 is 13.2 Å². The molecule has 0 saturated carbocycles. The summed E-state index contributed by atoms with van der Waals surface area (Å²) in [5.74, 6) is 0. The minimum absolute atomic E-state index is 0.318. The smallest absolute Gasteiger partial charge is 0.250 e. The van der Waals surface area contributed by atoms with Crippen molar-refractivity contribution >= 4 is 21.4 Å². The van der Waals surface area contributed by atoms with Crippen LogP contribution in [0.2, 0.25) is 0 Å². The second-order valence-electron chi connectivity index (χ2n) is 6.13. The Morgan fingerprint density at radius 2 is 2.00 bits per heavy atom. The maximum absolute atomic E-state index is 12.4. The standard InChI is InChI=1S/C14H26N2O3S2/c1-10(2)15-8-12-11(3)7-13(20-12)21(17,18)16-14(4,5)9-19-6/h7,10,15-16H,8-9H2,1-6H3. The fraction of sp³-hybridized carbons (Fsp3) is 0.714. The highest BCUT2D eigenvalue weighted by Crippen LogP contribution is 2.27. The Kier molecular flexibility index (Phi) is 6.36. The number of ether oxygens (including phenoxy) is 1. The Labute approximate surface area is 132 Å². The molecule has 7 heteroatoms. The van der Waals surface area contributed by atoms with Crippen LogP contribution in [0.25, 0.3) is 0 Å². The average molecular weight is 335 g/mol. The number of thiophene rings is 1. The largest absolute Gasteiger partial charge is 0.383 e. The lowest BCUT2D eigenvalue weighted by atomic mass is 10.1. The van der Waals surface area contributed by atoms with Crippen molar-refractivity contribution in [2.45, 2.75) is 57.0 Å². The predicted molar refractivity (Wildman–Crippen MR) is 87.3 cm³/mol. The summed E-state index contributed by atoms with van der Waals surface area (Å²) in [6.45, 7) is 10.7. The van der Waals surface area contributed by atoms with E-state index in [0.29, 0.717) is 23.4 Å². The summed E-state index contributed by atoms with van der Waals surface area (Å²) >= 11 is 1.31. The van der Waals surface area contributed by atoms with Crippen LogP contribution in [0.5, 0.6) is 0 Å². The Hall–Kier alpha value is -0.470. The summed E-state index contributed by atoms with van der Waals surface area (Å²) < 4.78 is 33.0. The molecule has 0 unspecified atom stereocenters. The summed E-state index contributed by atoms with van der Waals surface area (Å²) in [5, 5.41) is 3.31. The van der Waals surface area contributed by atoms with E-state index in [4.69, 9.17) is 4.74 Å². The quantitative estimate of drug-likeness (QED) is 0.765. The van der Waals surface area contributed by atoms with E-state index in [9.17, 15) is 8.42 Å². The molecule has 0 aliphatic carbocycles. The molecule has 5 nitrogen and oxygen atoms in total. The monoisotopic (exact) mass is 334 g/mol. The van der Waals surface area contributed by atoms with Crippen LogP contribution < -0.4 is 10.0 Å². The highest BCUT2D eigenvalue weighted by Gasteiger charge is 2.28. The van der Waals surface area contributed by atoms with Gasteiger partial charge in [-0.3, -0.25) is 0 Å². The van der Waals surface area contributed by atoms with Gasteiger partial charge >= 0.3 is 0 Å². The average Bonchev–Trinajstić information content (AvgIpc) is 2.67. The van der Waals surface area contributed by atoms with Crippen LogP contribution in [-0.4, -0.2) is 33.7 Å². The normalized spacial score (nSPS) is 13.1. The second kappa shape index (κ2) is 7.19. The van der Waals surface area contributed by atoms with Crippen LogP contribution >= 0.6 is 11.3 Å². The van der Waals surface area contributed by atoms with E-state index in [2.05, 4.69) is 23.9 Å². The molecule has 0 radical (unpaired) electrons. The third-order valence-electron chi connectivity index (χ3n) is 2.85. The third kappa shape index (κ3) is 5.67. The van der Waals surface area contributed by atoms with Crippen molar-refractivity contribution in [3.8, 4) is 0 Å². The van der Waals surface area contributed by atoms with Crippen molar-refractivity contribution in [1.29, 1.82) is 0 Å². The van der Waals surface area contributed by atoms with Crippen molar-refractivity contribution in [3.05, 3.63) is 16.5 Å². The molecular weight excluding hydrogens is 308 g/mol. The van der Waals surface area contributed by atoms with Gasteiger partial charge in [0.2, 0.25) is 0 Å². The number of hydrogen-bond acceptors (Lipinski definition) is 5. The Morgan fingerprint density at radius 3 is 2.52 bits per heavy atom. The van der Waals surface area contributed by atoms with Gasteiger partial charge in [0.15, 0.2) is 0 Å². The lowest BCUT2D eigenvalue weighted by molar-refractivity contribution is 0.141. The molecule has 0 saturated heterocycles. The van der Waals surface area contributed by atoms with E-state index in [-0.39, 0.29) is 0 Å². The van der Waals surface area contributed by atoms with Crippen molar-refractivity contribution in [2.24, 2.45) is 0 Å². The Bertz CT molecular complexity index is 563. The lowest BCUT2D eigenvalue weighted by Crippen LogP contribution is -2.46. The van der Waals surface area contributed by atoms with Gasteiger partial charge in [-0.25, -0.2) is 13.1 Å². The second-order valence-corrected chi connectivity index (χ2v) is 9.18. The molecule has 0 aromatic carbocycles. The first-order chi connectivity index (χ1) is 9.57. The molecule has 1 aromatic heterocycles. The van der Waals surface area contributed by atoms with Gasteiger partial charge < -0.3 is 10.1 Å². The highest BCUT2D eigenvalue weighted by atomic mass is 32.2. The van der Waals surface area contributed by atoms with Crippen molar-refractivity contribution in [2.75, 3.05) is 13.7 Å². The molecule has 0 aliphatic heterocycles. The van der Waals surface area contributed by atoms with Crippen LogP contribution in [0, 0.1) is 6.92 Å². The van der Waals surface area contributed by atoms with Gasteiger partial charge in [0, 0.05) is 24.6 Å². The number of nitrogens with one attached hydrogen (secondary N) is 2. The summed E-state index contributed by atoms with van der Waals surface area (Å²) in [6.07, 6.45) is 0. The molecule has 0 atom stereocenters. The predicted octanol–water partition coefficient (Wildman–Crippen LogP) is 2.26. The molecule has 0 aliphatic rings. The SMILES string of the molecule is COCC(C)(C)NS(=O)(=O)c1cc(C)c(CNC(C)C)s1. The van der Waals surface area contributed by atoms with Gasteiger partial charge in [0.25, 0.3) is 10.0 Å². The van der Waals surface area contributed by atoms with E-state index in [1.165, 1.54) is 11.3 Å². The number of hydrogen-bond donors (Lipinski definition) is 2. The lowest BCUT2D eigenvalue weighted by Gasteiger charge is -2.24. The van der Waals surface area contributed by atoms with Gasteiger partial charge in [0.05, 0.1) is 12.1 Å². The van der Waals surface area contributed by atoms with Crippen LogP contribution in [0.15, 0.2) is 10.3 Å². The summed E-state index contributed by atoms with van der Waals surface area (Å²) in [4.78, 5) is 1.05. The zero-order valence-corrected chi connectivity index (χ0v) is 15.2. The van der Waals surface area contributed by atoms with Crippen molar-refractivity contribution in [3.63, 3.8) is 0 Å². The van der Waals surface area contributed by atoms with Crippen molar-refractivity contribution in [1.82, 2.24) is 10.0 Å². The molecule has 122 valence electrons. The molecular formula is C14H26N2O3S2. The topological polar surface area (TPSA) is 67.4 Å². The molecule has 0 spiro atoms. The molecule has 0 amide bonds. The van der Waals surface area contributed by atoms with Gasteiger partial charge in [-0.1, -0.05) is 13.8 Å². The summed E-state index contributed by atoms with van der Waals surface area (Å²) in [5.41, 5.74) is 0.361. The number of sulfonamides is 1. The molecule has 1 aromatic rings. The third-order valence-corrected chi connectivity index (χ3v) is 6.26. The number of methoxy groups -OCH3 is 1. The van der Waals surface area contributed by atoms with E-state index in [0.717, 1.165) is 10.4 Å². The van der Waals surface area contributed by atoms with Crippen LogP contribution in [0.1, 0.15) is 38.1 Å². The van der Waals surface area contributed by atoms with Gasteiger partial charge in [-0.2, -0.15) is 0 Å². The fourth-order valence-electron chi connectivity index (χ4n) is 1.90. The maximum Gasteiger partial charge on any atom is 0.250 e. The first-order valence-electron chi connectivity index (χ1n) is 6.93. The van der Waals surface area contributed by atoms with Gasteiger partial charge in [-0.15, -0.1) is 11.3 Å². The van der Waals surface area contributed by atoms with Gasteiger partial charge in [0.1, 0.15) is 4.21 Å². The van der Waals surface area contributed by atoms with Crippen LogP contribution in [-0.2, 0) is 21.3 Å². The van der Waals surface area contributed by atoms with Crippen LogP contribution in [0.3, 0.4) is 0 Å². The summed E-state index contributed by atoms with van der Waals surface area (Å²) in [7, 11) is -1.96. The minimum atomic E-state index is -3.52. The molecule has 0 fully saturated rings. The highest BCUT2D eigenvalue weighted by molar-refractivity contribution is 7.91. The Balaban J connectivity index is 2.92. The van der Waals surface area contributed by atoms with Crippen LogP contribution in [0.4, 0.5) is 0 Å². The van der Waals surface area contributed by atoms with E-state index >= 15 is 0 Å². The molecule has 1 rings (SSSR count). The molecule has 1 heterocycles. The molecule has 2 N–H and O–H groups in total. The van der Waals surface area contributed by atoms with E-state index in [1.54, 1.807) is 27.0 Å². The minimum Gasteiger partial charge on any atom is -0.383 e. The molecule has 0 bridgehead atoms. The number of aryl methyl sites for hydroxylation is 1. The maximum atomic E-state index is 12.4. The molecule has 21 heavy (non-hydrogen) atoms. The Morgan fingerprint density at radius 1 is 1.38 bits per heavy atom. The number of rotatable bonds is 8. The zero-order valence-electron chi connectivity index (χ0n) is 13.6. The first-order valence-corrected chi connectivity index (χ1v) is 9.23.